The highest BCUT2D eigenvalue weighted by atomic mass is 16.3. The molecule has 1 amide bonds. The van der Waals surface area contributed by atoms with Gasteiger partial charge in [-0.05, 0) is 42.7 Å². The van der Waals surface area contributed by atoms with Crippen molar-refractivity contribution in [2.75, 3.05) is 0 Å². The van der Waals surface area contributed by atoms with Crippen molar-refractivity contribution in [1.82, 2.24) is 20.1 Å². The summed E-state index contributed by atoms with van der Waals surface area (Å²) in [5.41, 5.74) is 3.36. The zero-order valence-electron chi connectivity index (χ0n) is 14.9. The Morgan fingerprint density at radius 1 is 1.19 bits per heavy atom. The predicted molar refractivity (Wildman–Crippen MR) is 99.4 cm³/mol. The van der Waals surface area contributed by atoms with E-state index in [0.29, 0.717) is 12.1 Å². The van der Waals surface area contributed by atoms with Gasteiger partial charge in [-0.25, -0.2) is 9.67 Å². The van der Waals surface area contributed by atoms with Crippen molar-refractivity contribution in [2.45, 2.75) is 33.0 Å². The number of carbonyl (C=O) groups is 1. The quantitative estimate of drug-likeness (QED) is 0.716. The Morgan fingerprint density at radius 2 is 1.92 bits per heavy atom. The number of carbonyl (C=O) groups excluding carboxylic acids is 1. The fraction of sp³-hybridized carbons (Fsp3) is 0.250. The summed E-state index contributed by atoms with van der Waals surface area (Å²) < 4.78 is 1.76. The smallest absolute Gasteiger partial charge is 0.251 e. The SMILES string of the molecule is CCn1ncnc1[C@H](C)NC(=O)c1ccc(-c2ccccc2CO)cc1. The van der Waals surface area contributed by atoms with Crippen LogP contribution in [-0.2, 0) is 13.2 Å². The standard InChI is InChI=1S/C20H22N4O2/c1-3-24-19(21-13-22-24)14(2)23-20(26)16-10-8-15(9-11-16)18-7-5-4-6-17(18)12-25/h4-11,13-14,25H,3,12H2,1-2H3,(H,23,26)/t14-/m0/s1. The molecule has 0 fully saturated rings. The molecule has 0 saturated carbocycles. The van der Waals surface area contributed by atoms with Gasteiger partial charge in [-0.3, -0.25) is 4.79 Å². The van der Waals surface area contributed by atoms with E-state index in [1.54, 1.807) is 16.8 Å². The van der Waals surface area contributed by atoms with Crippen LogP contribution in [0.25, 0.3) is 11.1 Å². The van der Waals surface area contributed by atoms with Crippen LogP contribution in [0.4, 0.5) is 0 Å². The van der Waals surface area contributed by atoms with E-state index in [1.165, 1.54) is 6.33 Å². The van der Waals surface area contributed by atoms with Gasteiger partial charge in [0.1, 0.15) is 12.2 Å². The van der Waals surface area contributed by atoms with Gasteiger partial charge >= 0.3 is 0 Å². The number of amides is 1. The van der Waals surface area contributed by atoms with E-state index in [4.69, 9.17) is 0 Å². The lowest BCUT2D eigenvalue weighted by atomic mass is 9.99. The number of benzene rings is 2. The third kappa shape index (κ3) is 3.65. The average molecular weight is 350 g/mol. The van der Waals surface area contributed by atoms with Crippen molar-refractivity contribution in [3.63, 3.8) is 0 Å². The number of aliphatic hydroxyl groups excluding tert-OH is 1. The molecule has 0 aliphatic carbocycles. The van der Waals surface area contributed by atoms with Gasteiger partial charge in [-0.1, -0.05) is 36.4 Å². The Morgan fingerprint density at radius 3 is 2.62 bits per heavy atom. The highest BCUT2D eigenvalue weighted by molar-refractivity contribution is 5.94. The molecule has 2 N–H and O–H groups in total. The lowest BCUT2D eigenvalue weighted by molar-refractivity contribution is 0.0937. The van der Waals surface area contributed by atoms with Crippen molar-refractivity contribution in [2.24, 2.45) is 0 Å². The van der Waals surface area contributed by atoms with Gasteiger partial charge in [-0.2, -0.15) is 5.10 Å². The maximum Gasteiger partial charge on any atom is 0.251 e. The minimum absolute atomic E-state index is 0.0198. The maximum atomic E-state index is 12.5. The van der Waals surface area contributed by atoms with Crippen LogP contribution in [0.15, 0.2) is 54.9 Å². The van der Waals surface area contributed by atoms with Crippen LogP contribution in [0.5, 0.6) is 0 Å². The zero-order valence-corrected chi connectivity index (χ0v) is 14.9. The second-order valence-corrected chi connectivity index (χ2v) is 6.02. The number of hydrogen-bond acceptors (Lipinski definition) is 4. The molecule has 3 aromatic rings. The van der Waals surface area contributed by atoms with Crippen molar-refractivity contribution in [3.05, 3.63) is 71.8 Å². The van der Waals surface area contributed by atoms with Crippen molar-refractivity contribution in [3.8, 4) is 11.1 Å². The molecule has 26 heavy (non-hydrogen) atoms. The Labute approximate surface area is 152 Å². The average Bonchev–Trinajstić information content (AvgIpc) is 3.17. The summed E-state index contributed by atoms with van der Waals surface area (Å²) >= 11 is 0. The zero-order chi connectivity index (χ0) is 18.5. The van der Waals surface area contributed by atoms with Crippen LogP contribution in [-0.4, -0.2) is 25.8 Å². The van der Waals surface area contributed by atoms with Crippen LogP contribution >= 0.6 is 0 Å². The van der Waals surface area contributed by atoms with Gasteiger partial charge in [0.05, 0.1) is 12.6 Å². The number of aromatic nitrogens is 3. The van der Waals surface area contributed by atoms with Gasteiger partial charge in [0.15, 0.2) is 0 Å². The third-order valence-electron chi connectivity index (χ3n) is 4.33. The summed E-state index contributed by atoms with van der Waals surface area (Å²) in [5.74, 6) is 0.569. The molecule has 6 nitrogen and oxygen atoms in total. The number of hydrogen-bond donors (Lipinski definition) is 2. The molecule has 0 saturated heterocycles. The molecule has 1 aromatic heterocycles. The first kappa shape index (κ1) is 17.8. The lowest BCUT2D eigenvalue weighted by Gasteiger charge is -2.14. The molecule has 0 spiro atoms. The van der Waals surface area contributed by atoms with Crippen LogP contribution < -0.4 is 5.32 Å². The molecule has 134 valence electrons. The summed E-state index contributed by atoms with van der Waals surface area (Å²) in [6, 6.07) is 14.8. The van der Waals surface area contributed by atoms with Gasteiger partial charge in [0.25, 0.3) is 5.91 Å². The van der Waals surface area contributed by atoms with E-state index < -0.39 is 0 Å². The molecule has 0 bridgehead atoms. The van der Waals surface area contributed by atoms with E-state index in [0.717, 1.165) is 22.5 Å². The summed E-state index contributed by atoms with van der Waals surface area (Å²) in [5, 5.41) is 16.6. The molecule has 0 aliphatic heterocycles. The third-order valence-corrected chi connectivity index (χ3v) is 4.33. The van der Waals surface area contributed by atoms with Gasteiger partial charge in [0, 0.05) is 12.1 Å². The Bertz CT molecular complexity index is 887. The number of aliphatic hydroxyl groups is 1. The topological polar surface area (TPSA) is 80.0 Å². The first-order valence-electron chi connectivity index (χ1n) is 8.61. The molecular formula is C20H22N4O2. The molecule has 1 atom stereocenters. The molecule has 2 aromatic carbocycles. The number of aryl methyl sites for hydroxylation is 1. The minimum Gasteiger partial charge on any atom is -0.392 e. The molecule has 0 radical (unpaired) electrons. The second kappa shape index (κ2) is 7.93. The Hall–Kier alpha value is -2.99. The Balaban J connectivity index is 1.75. The molecule has 1 heterocycles. The molecule has 6 heteroatoms. The number of nitrogens with zero attached hydrogens (tertiary/aromatic N) is 3. The minimum atomic E-state index is -0.236. The summed E-state index contributed by atoms with van der Waals surface area (Å²) in [6.07, 6.45) is 1.49. The van der Waals surface area contributed by atoms with Crippen LogP contribution in [0.2, 0.25) is 0 Å². The van der Waals surface area contributed by atoms with E-state index in [1.807, 2.05) is 50.2 Å². The van der Waals surface area contributed by atoms with Gasteiger partial charge < -0.3 is 10.4 Å². The van der Waals surface area contributed by atoms with Crippen molar-refractivity contribution < 1.29 is 9.90 Å². The van der Waals surface area contributed by atoms with Crippen LogP contribution in [0, 0.1) is 0 Å². The van der Waals surface area contributed by atoms with Crippen LogP contribution in [0.1, 0.15) is 41.6 Å². The van der Waals surface area contributed by atoms with Crippen LogP contribution in [0.3, 0.4) is 0 Å². The van der Waals surface area contributed by atoms with Gasteiger partial charge in [0.2, 0.25) is 0 Å². The van der Waals surface area contributed by atoms with E-state index in [2.05, 4.69) is 15.4 Å². The number of rotatable bonds is 6. The molecule has 3 rings (SSSR count). The number of nitrogens with one attached hydrogen (secondary N) is 1. The molecule has 0 unspecified atom stereocenters. The fourth-order valence-electron chi connectivity index (χ4n) is 2.94. The fourth-order valence-corrected chi connectivity index (χ4v) is 2.94. The Kier molecular flexibility index (Phi) is 5.43. The highest BCUT2D eigenvalue weighted by Crippen LogP contribution is 2.24. The largest absolute Gasteiger partial charge is 0.392 e. The monoisotopic (exact) mass is 350 g/mol. The molecule has 0 aliphatic rings. The first-order valence-corrected chi connectivity index (χ1v) is 8.61. The second-order valence-electron chi connectivity index (χ2n) is 6.02. The summed E-state index contributed by atoms with van der Waals surface area (Å²) in [7, 11) is 0. The van der Waals surface area contributed by atoms with E-state index >= 15 is 0 Å². The molecular weight excluding hydrogens is 328 g/mol. The first-order chi connectivity index (χ1) is 12.6. The summed E-state index contributed by atoms with van der Waals surface area (Å²) in [6.45, 7) is 4.55. The highest BCUT2D eigenvalue weighted by Gasteiger charge is 2.16. The van der Waals surface area contributed by atoms with Gasteiger partial charge in [-0.15, -0.1) is 0 Å². The lowest BCUT2D eigenvalue weighted by Crippen LogP contribution is -2.28. The van der Waals surface area contributed by atoms with E-state index in [9.17, 15) is 9.90 Å². The predicted octanol–water partition coefficient (Wildman–Crippen LogP) is 2.95. The summed E-state index contributed by atoms with van der Waals surface area (Å²) in [4.78, 5) is 16.7. The normalized spacial score (nSPS) is 12.0. The maximum absolute atomic E-state index is 12.5. The van der Waals surface area contributed by atoms with Crippen molar-refractivity contribution >= 4 is 5.91 Å². The van der Waals surface area contributed by atoms with E-state index in [-0.39, 0.29) is 18.6 Å². The van der Waals surface area contributed by atoms with Crippen molar-refractivity contribution in [1.29, 1.82) is 0 Å².